The summed E-state index contributed by atoms with van der Waals surface area (Å²) in [5.41, 5.74) is 40.8. The van der Waals surface area contributed by atoms with E-state index in [0.29, 0.717) is 56.0 Å². The van der Waals surface area contributed by atoms with Crippen LogP contribution in [-0.4, -0.2) is 216 Å². The van der Waals surface area contributed by atoms with Crippen LogP contribution in [0, 0.1) is 23.7 Å². The summed E-state index contributed by atoms with van der Waals surface area (Å²) in [4.78, 5) is 171. The highest BCUT2D eigenvalue weighted by molar-refractivity contribution is 5.99. The number of hydrogen-bond donors (Lipinski definition) is 18. The van der Waals surface area contributed by atoms with Crippen LogP contribution in [-0.2, 0) is 65.6 Å². The van der Waals surface area contributed by atoms with Gasteiger partial charge < -0.3 is 103 Å². The smallest absolute Gasteiger partial charge is 0.326 e. The lowest BCUT2D eigenvalue weighted by Gasteiger charge is -2.32. The van der Waals surface area contributed by atoms with E-state index < -0.39 is 133 Å². The van der Waals surface area contributed by atoms with Gasteiger partial charge in [-0.3, -0.25) is 67.8 Å². The molecule has 2 aliphatic carbocycles. The number of phenols is 1. The Balaban J connectivity index is 1.34. The number of nitrogens with zero attached hydrogens (tertiary/aromatic N) is 5. The van der Waals surface area contributed by atoms with Crippen LogP contribution >= 0.6 is 0 Å². The van der Waals surface area contributed by atoms with Crippen LogP contribution in [0.4, 0.5) is 0 Å². The first-order chi connectivity index (χ1) is 50.0. The zero-order chi connectivity index (χ0) is 77.1. The molecule has 2 aromatic rings. The Morgan fingerprint density at radius 1 is 0.533 bits per heavy atom. The minimum absolute atomic E-state index is 0.00144. The van der Waals surface area contributed by atoms with Crippen LogP contribution < -0.4 is 88.0 Å². The predicted octanol–water partition coefficient (Wildman–Crippen LogP) is -2.25. The number of amides is 10. The summed E-state index contributed by atoms with van der Waals surface area (Å²) < 4.78 is 0. The van der Waals surface area contributed by atoms with Crippen molar-refractivity contribution in [2.45, 2.75) is 204 Å². The van der Waals surface area contributed by atoms with Crippen molar-refractivity contribution in [2.24, 2.45) is 78.8 Å². The number of aromatic hydroxyl groups is 1. The molecular weight excluding hydrogens is 1350 g/mol. The van der Waals surface area contributed by atoms with Gasteiger partial charge in [-0.15, -0.1) is 0 Å². The molecule has 5 rings (SSSR count). The fourth-order valence-corrected chi connectivity index (χ4v) is 12.2. The second kappa shape index (κ2) is 44.7. The zero-order valence-electron chi connectivity index (χ0n) is 61.2. The van der Waals surface area contributed by atoms with Crippen LogP contribution in [0.1, 0.15) is 148 Å². The first-order valence-corrected chi connectivity index (χ1v) is 36.7. The number of aliphatic imine (C=N–C) groups is 3. The van der Waals surface area contributed by atoms with Gasteiger partial charge in [-0.25, -0.2) is 4.79 Å². The van der Waals surface area contributed by atoms with Gasteiger partial charge in [0.1, 0.15) is 54.1 Å². The zero-order valence-corrected chi connectivity index (χ0v) is 61.2. The number of carbonyl (C=O) groups excluding carboxylic acids is 10. The Morgan fingerprint density at radius 3 is 1.55 bits per heavy atom. The molecule has 2 saturated carbocycles. The van der Waals surface area contributed by atoms with Crippen molar-refractivity contribution >= 4 is 82.9 Å². The molecule has 34 heteroatoms. The van der Waals surface area contributed by atoms with E-state index in [1.165, 1.54) is 4.90 Å². The highest BCUT2D eigenvalue weighted by atomic mass is 16.4. The van der Waals surface area contributed by atoms with E-state index in [-0.39, 0.29) is 126 Å². The number of carboxylic acid groups (broad SMARTS) is 1. The molecule has 105 heavy (non-hydrogen) atoms. The number of aliphatic carboxylic acids is 1. The minimum atomic E-state index is -1.44. The van der Waals surface area contributed by atoms with E-state index in [0.717, 1.165) is 44.3 Å². The number of carbonyl (C=O) groups is 11. The van der Waals surface area contributed by atoms with E-state index in [2.05, 4.69) is 67.7 Å². The Kier molecular flexibility index (Phi) is 36.5. The molecule has 3 fully saturated rings. The number of hydrogen-bond acceptors (Lipinski definition) is 17. The van der Waals surface area contributed by atoms with Crippen molar-refractivity contribution in [1.29, 1.82) is 0 Å². The van der Waals surface area contributed by atoms with Gasteiger partial charge in [0.2, 0.25) is 59.1 Å². The molecule has 25 N–H and O–H groups in total. The second-order valence-electron chi connectivity index (χ2n) is 28.0. The molecule has 0 spiro atoms. The van der Waals surface area contributed by atoms with Gasteiger partial charge in [-0.2, -0.15) is 0 Å². The molecule has 1 saturated heterocycles. The number of unbranched alkanes of at least 4 members (excludes halogenated alkanes) is 1. The number of benzene rings is 2. The Morgan fingerprint density at radius 2 is 1.03 bits per heavy atom. The maximum Gasteiger partial charge on any atom is 0.326 e. The number of likely N-dealkylation sites (tertiary alicyclic amines) is 1. The molecule has 10 atom stereocenters. The van der Waals surface area contributed by atoms with E-state index in [4.69, 9.17) is 40.1 Å². The molecular formula is C71H115N21O13. The summed E-state index contributed by atoms with van der Waals surface area (Å²) in [5.74, 6) is -9.01. The molecule has 3 aliphatic rings. The van der Waals surface area contributed by atoms with Crippen molar-refractivity contribution in [1.82, 2.24) is 57.7 Å². The third-order valence-electron chi connectivity index (χ3n) is 18.5. The Hall–Kier alpha value is -9.86. The topological polar surface area (TPSA) is 562 Å². The highest BCUT2D eigenvalue weighted by Gasteiger charge is 2.42. The molecule has 1 heterocycles. The fraction of sp³-hybridized carbons (Fsp3) is 0.634. The lowest BCUT2D eigenvalue weighted by atomic mass is 9.96. The average molecular weight is 1470 g/mol. The third-order valence-corrected chi connectivity index (χ3v) is 18.5. The van der Waals surface area contributed by atoms with Crippen molar-refractivity contribution in [3.63, 3.8) is 0 Å². The lowest BCUT2D eigenvalue weighted by molar-refractivity contribution is -0.145. The van der Waals surface area contributed by atoms with Gasteiger partial charge >= 0.3 is 5.97 Å². The summed E-state index contributed by atoms with van der Waals surface area (Å²) in [6.45, 7) is 8.01. The number of rotatable bonds is 49. The highest BCUT2D eigenvalue weighted by Crippen LogP contribution is 2.35. The molecule has 582 valence electrons. The molecule has 0 bridgehead atoms. The van der Waals surface area contributed by atoms with Crippen molar-refractivity contribution in [2.75, 3.05) is 58.9 Å². The summed E-state index contributed by atoms with van der Waals surface area (Å²) >= 11 is 0. The molecule has 0 aromatic heterocycles. The molecule has 2 aromatic carbocycles. The predicted molar refractivity (Wildman–Crippen MR) is 396 cm³/mol. The average Bonchev–Trinajstić information content (AvgIpc) is 1.63. The first kappa shape index (κ1) is 85.8. The van der Waals surface area contributed by atoms with Crippen LogP contribution in [0.15, 0.2) is 69.6 Å². The summed E-state index contributed by atoms with van der Waals surface area (Å²) in [6.07, 6.45) is 6.71. The van der Waals surface area contributed by atoms with Crippen LogP contribution in [0.3, 0.4) is 0 Å². The number of phenolic OH excluding ortho intramolecular Hbond substituents is 1. The van der Waals surface area contributed by atoms with Gasteiger partial charge in [0, 0.05) is 45.7 Å². The number of nitrogens with two attached hydrogens (primary N) is 7. The van der Waals surface area contributed by atoms with Crippen molar-refractivity contribution in [3.05, 3.63) is 65.7 Å². The number of guanidine groups is 3. The quantitative estimate of drug-likeness (QED) is 0.0189. The van der Waals surface area contributed by atoms with Crippen LogP contribution in [0.25, 0.3) is 0 Å². The monoisotopic (exact) mass is 1470 g/mol. The van der Waals surface area contributed by atoms with Crippen molar-refractivity contribution < 1.29 is 63.0 Å². The normalized spacial score (nSPS) is 16.6. The first-order valence-electron chi connectivity index (χ1n) is 36.7. The summed E-state index contributed by atoms with van der Waals surface area (Å²) in [5, 5.41) is 44.3. The number of nitrogens with one attached hydrogen (secondary N) is 9. The molecule has 0 radical (unpaired) electrons. The van der Waals surface area contributed by atoms with Crippen LogP contribution in [0.2, 0.25) is 0 Å². The van der Waals surface area contributed by atoms with Gasteiger partial charge in [0.15, 0.2) is 17.9 Å². The molecule has 1 aliphatic heterocycles. The third kappa shape index (κ3) is 32.0. The van der Waals surface area contributed by atoms with Gasteiger partial charge in [0.25, 0.3) is 0 Å². The van der Waals surface area contributed by atoms with E-state index in [1.807, 2.05) is 0 Å². The summed E-state index contributed by atoms with van der Waals surface area (Å²) in [6, 6.07) is 4.28. The summed E-state index contributed by atoms with van der Waals surface area (Å²) in [7, 11) is 0. The van der Waals surface area contributed by atoms with Gasteiger partial charge in [0.05, 0.1) is 19.1 Å². The maximum atomic E-state index is 14.8. The van der Waals surface area contributed by atoms with E-state index in [9.17, 15) is 63.0 Å². The maximum absolute atomic E-state index is 14.8. The standard InChI is InChI=1S/C71H115N21O13/c1-5-43(4)59(66(102)87-51(20-13-33-81-71(77)78)67(103)92-34-14-21-55(92)65(101)88-52(68(104)105)17-9-10-30-72)90-61(97)50(19-12-32-80-70(75)76)85-60(96)49(18-11-31-79-69(73)74)86-62(98)53(35-42(2)3)89-63(99)54(36-44-15-7-6-8-16-44)84-58(95)39-82-57(94)38-83-64(100)56(37-45-26-28-48(93)29-27-45)91(40-46-22-23-46)41-47-24-25-47/h6-8,15-16,26-29,42-43,46-47,49-56,59,93H,5,9-14,17-25,30-41,72H2,1-4H3,(H,82,94)(H,83,100)(H,84,95)(H,85,96)(H,86,98)(H,87,102)(H,88,101)(H,89,99)(H,90,97)(H,104,105)(H4,73,74,79)(H4,75,76,80)(H4,77,78,81). The minimum Gasteiger partial charge on any atom is -0.508 e. The fourth-order valence-electron chi connectivity index (χ4n) is 12.2. The Bertz CT molecular complexity index is 3250. The largest absolute Gasteiger partial charge is 0.508 e. The van der Waals surface area contributed by atoms with E-state index >= 15 is 0 Å². The molecule has 34 nitrogen and oxygen atoms in total. The van der Waals surface area contributed by atoms with Crippen molar-refractivity contribution in [3.8, 4) is 5.75 Å². The van der Waals surface area contributed by atoms with Crippen LogP contribution in [0.5, 0.6) is 5.75 Å². The SMILES string of the molecule is CCC(C)C(NC(=O)C(CCCN=C(N)N)NC(=O)C(CCCN=C(N)N)NC(=O)C(CC(C)C)NC(=O)C(Cc1ccccc1)NC(=O)CNC(=O)CNC(=O)C(Cc1ccc(O)cc1)N(CC1CC1)CC1CC1)C(=O)NC(CCCN=C(N)N)C(=O)N1CCCC1C(=O)NC(CCCCN)C(=O)O. The Labute approximate surface area is 614 Å². The van der Waals surface area contributed by atoms with E-state index in [1.54, 1.807) is 82.3 Å². The lowest BCUT2D eigenvalue weighted by Crippen LogP contribution is -2.61. The second-order valence-corrected chi connectivity index (χ2v) is 28.0. The molecule has 10 unspecified atom stereocenters. The molecule has 10 amide bonds. The number of carboxylic acids is 1. The van der Waals surface area contributed by atoms with Gasteiger partial charge in [-0.05, 0) is 163 Å². The van der Waals surface area contributed by atoms with Gasteiger partial charge in [-0.1, -0.05) is 76.6 Å².